The molecule has 2 aromatic heterocycles. The van der Waals surface area contributed by atoms with Crippen molar-refractivity contribution < 1.29 is 28.2 Å². The Labute approximate surface area is 196 Å². The molecule has 1 amide bonds. The Kier molecular flexibility index (Phi) is 7.62. The van der Waals surface area contributed by atoms with Crippen LogP contribution in [0.15, 0.2) is 46.4 Å². The molecule has 1 fully saturated rings. The number of piperidine rings is 1. The number of amides is 1. The first-order valence-corrected chi connectivity index (χ1v) is 11.8. The molecule has 1 aliphatic rings. The lowest BCUT2D eigenvalue weighted by atomic mass is 10.1. The number of benzene rings is 1. The fraction of sp³-hybridized carbons (Fsp3) is 0.375. The van der Waals surface area contributed by atoms with Gasteiger partial charge >= 0.3 is 5.97 Å². The number of ether oxygens (including phenoxy) is 3. The average Bonchev–Trinajstić information content (AvgIpc) is 3.54. The number of aromatic nitrogens is 1. The van der Waals surface area contributed by atoms with Gasteiger partial charge in [0.1, 0.15) is 6.61 Å². The third-order valence-corrected chi connectivity index (χ3v) is 6.08. The fourth-order valence-electron chi connectivity index (χ4n) is 3.51. The smallest absolute Gasteiger partial charge is 0.338 e. The predicted molar refractivity (Wildman–Crippen MR) is 122 cm³/mol. The quantitative estimate of drug-likeness (QED) is 0.424. The molecule has 0 saturated carbocycles. The normalized spacial score (nSPS) is 13.5. The lowest BCUT2D eigenvalue weighted by molar-refractivity contribution is -0.134. The van der Waals surface area contributed by atoms with E-state index >= 15 is 0 Å². The molecular weight excluding hydrogens is 444 g/mol. The number of carbonyl (C=O) groups is 2. The number of nitrogens with zero attached hydrogens (tertiary/aromatic N) is 2. The van der Waals surface area contributed by atoms with Crippen molar-refractivity contribution in [2.45, 2.75) is 32.8 Å². The van der Waals surface area contributed by atoms with Gasteiger partial charge in [-0.2, -0.15) is 0 Å². The second kappa shape index (κ2) is 11.0. The summed E-state index contributed by atoms with van der Waals surface area (Å²) in [5.41, 5.74) is 0.968. The van der Waals surface area contributed by atoms with E-state index < -0.39 is 5.97 Å². The summed E-state index contributed by atoms with van der Waals surface area (Å²) in [4.78, 5) is 31.2. The molecule has 174 valence electrons. The highest BCUT2D eigenvalue weighted by atomic mass is 32.1. The van der Waals surface area contributed by atoms with E-state index in [1.807, 2.05) is 23.3 Å². The third kappa shape index (κ3) is 5.92. The van der Waals surface area contributed by atoms with Crippen LogP contribution in [0.3, 0.4) is 0 Å². The van der Waals surface area contributed by atoms with Crippen LogP contribution in [-0.4, -0.2) is 48.1 Å². The molecule has 0 atom stereocenters. The molecule has 0 N–H and O–H groups in total. The van der Waals surface area contributed by atoms with Crippen LogP contribution in [-0.2, 0) is 16.1 Å². The minimum atomic E-state index is -0.501. The van der Waals surface area contributed by atoms with Crippen molar-refractivity contribution >= 4 is 23.2 Å². The molecule has 8 nitrogen and oxygen atoms in total. The van der Waals surface area contributed by atoms with Crippen LogP contribution in [0.4, 0.5) is 0 Å². The molecule has 0 unspecified atom stereocenters. The second-order valence-electron chi connectivity index (χ2n) is 7.52. The number of rotatable bonds is 9. The monoisotopic (exact) mass is 470 g/mol. The molecule has 0 spiro atoms. The fourth-order valence-corrected chi connectivity index (χ4v) is 4.28. The largest absolute Gasteiger partial charge is 0.490 e. The average molecular weight is 471 g/mol. The summed E-state index contributed by atoms with van der Waals surface area (Å²) in [6, 6.07) is 8.42. The van der Waals surface area contributed by atoms with E-state index in [2.05, 4.69) is 4.98 Å². The van der Waals surface area contributed by atoms with Crippen LogP contribution >= 0.6 is 11.3 Å². The number of likely N-dealkylation sites (tertiary alicyclic amines) is 1. The van der Waals surface area contributed by atoms with Crippen LogP contribution in [0.1, 0.15) is 42.2 Å². The Balaban J connectivity index is 1.35. The highest BCUT2D eigenvalue weighted by molar-refractivity contribution is 7.13. The minimum Gasteiger partial charge on any atom is -0.490 e. The first-order chi connectivity index (χ1) is 16.1. The van der Waals surface area contributed by atoms with Gasteiger partial charge in [-0.25, -0.2) is 9.78 Å². The highest BCUT2D eigenvalue weighted by Crippen LogP contribution is 2.29. The molecule has 0 aliphatic carbocycles. The number of hydrogen-bond donors (Lipinski definition) is 0. The van der Waals surface area contributed by atoms with Gasteiger partial charge in [-0.3, -0.25) is 4.79 Å². The summed E-state index contributed by atoms with van der Waals surface area (Å²) in [7, 11) is 0. The zero-order chi connectivity index (χ0) is 23.0. The summed E-state index contributed by atoms with van der Waals surface area (Å²) in [6.07, 6.45) is 4.79. The van der Waals surface area contributed by atoms with Gasteiger partial charge < -0.3 is 23.5 Å². The Bertz CT molecular complexity index is 1070. The zero-order valence-corrected chi connectivity index (χ0v) is 19.3. The molecule has 1 aromatic carbocycles. The van der Waals surface area contributed by atoms with Gasteiger partial charge in [-0.15, -0.1) is 11.3 Å². The predicted octanol–water partition coefficient (Wildman–Crippen LogP) is 4.55. The molecule has 0 radical (unpaired) electrons. The first-order valence-electron chi connectivity index (χ1n) is 11.0. The SMILES string of the molecule is CCOc1cc(C(=O)OCc2csc(-c3ccco3)n2)ccc1OCC(=O)N1CCCCC1. The first kappa shape index (κ1) is 22.8. The van der Waals surface area contributed by atoms with Crippen LogP contribution in [0, 0.1) is 0 Å². The van der Waals surface area contributed by atoms with Crippen LogP contribution in [0.2, 0.25) is 0 Å². The van der Waals surface area contributed by atoms with Crippen molar-refractivity contribution in [2.24, 2.45) is 0 Å². The van der Waals surface area contributed by atoms with E-state index in [0.29, 0.717) is 35.1 Å². The molecule has 33 heavy (non-hydrogen) atoms. The van der Waals surface area contributed by atoms with Gasteiger partial charge in [0, 0.05) is 18.5 Å². The van der Waals surface area contributed by atoms with E-state index in [0.717, 1.165) is 37.4 Å². The van der Waals surface area contributed by atoms with Crippen molar-refractivity contribution in [1.29, 1.82) is 0 Å². The molecule has 3 heterocycles. The van der Waals surface area contributed by atoms with Crippen LogP contribution < -0.4 is 9.47 Å². The highest BCUT2D eigenvalue weighted by Gasteiger charge is 2.19. The summed E-state index contributed by atoms with van der Waals surface area (Å²) in [6.45, 7) is 3.75. The molecule has 1 aliphatic heterocycles. The van der Waals surface area contributed by atoms with Gasteiger partial charge in [0.2, 0.25) is 0 Å². The lowest BCUT2D eigenvalue weighted by Crippen LogP contribution is -2.38. The Hall–Kier alpha value is -3.33. The van der Waals surface area contributed by atoms with Crippen LogP contribution in [0.5, 0.6) is 11.5 Å². The molecule has 4 rings (SSSR count). The van der Waals surface area contributed by atoms with Crippen LogP contribution in [0.25, 0.3) is 10.8 Å². The maximum atomic E-state index is 12.6. The van der Waals surface area contributed by atoms with Gasteiger partial charge in [0.25, 0.3) is 5.91 Å². The number of esters is 1. The number of thiazole rings is 1. The van der Waals surface area contributed by atoms with Gasteiger partial charge in [-0.1, -0.05) is 0 Å². The molecule has 9 heteroatoms. The van der Waals surface area contributed by atoms with Crippen molar-refractivity contribution in [3.05, 3.63) is 53.2 Å². The van der Waals surface area contributed by atoms with Gasteiger partial charge in [0.15, 0.2) is 28.9 Å². The van der Waals surface area contributed by atoms with E-state index in [-0.39, 0.29) is 19.1 Å². The van der Waals surface area contributed by atoms with Crippen molar-refractivity contribution in [1.82, 2.24) is 9.88 Å². The van der Waals surface area contributed by atoms with Crippen molar-refractivity contribution in [3.63, 3.8) is 0 Å². The van der Waals surface area contributed by atoms with Gasteiger partial charge in [0.05, 0.1) is 24.1 Å². The molecular formula is C24H26N2O6S. The lowest BCUT2D eigenvalue weighted by Gasteiger charge is -2.26. The van der Waals surface area contributed by atoms with Crippen molar-refractivity contribution in [2.75, 3.05) is 26.3 Å². The maximum Gasteiger partial charge on any atom is 0.338 e. The third-order valence-electron chi connectivity index (χ3n) is 5.17. The van der Waals surface area contributed by atoms with E-state index in [1.165, 1.54) is 11.3 Å². The molecule has 1 saturated heterocycles. The molecule has 3 aromatic rings. The summed E-state index contributed by atoms with van der Waals surface area (Å²) in [5.74, 6) is 0.944. The van der Waals surface area contributed by atoms with E-state index in [4.69, 9.17) is 18.6 Å². The second-order valence-corrected chi connectivity index (χ2v) is 8.38. The number of furan rings is 1. The Morgan fingerprint density at radius 1 is 1.12 bits per heavy atom. The van der Waals surface area contributed by atoms with Crippen molar-refractivity contribution in [3.8, 4) is 22.3 Å². The maximum absolute atomic E-state index is 12.6. The number of hydrogen-bond acceptors (Lipinski definition) is 8. The summed E-state index contributed by atoms with van der Waals surface area (Å²) in [5, 5.41) is 2.55. The van der Waals surface area contributed by atoms with E-state index in [1.54, 1.807) is 30.5 Å². The topological polar surface area (TPSA) is 91.1 Å². The minimum absolute atomic E-state index is 0.0437. The number of carbonyl (C=O) groups excluding carboxylic acids is 2. The zero-order valence-electron chi connectivity index (χ0n) is 18.5. The standard InChI is InChI=1S/C24H26N2O6S/c1-2-29-21-13-17(8-9-19(21)31-15-22(27)26-10-4-3-5-11-26)24(28)32-14-18-16-33-23(25-18)20-7-6-12-30-20/h6-9,12-13,16H,2-5,10-11,14-15H2,1H3. The molecule has 0 bridgehead atoms. The summed E-state index contributed by atoms with van der Waals surface area (Å²) < 4.78 is 22.1. The van der Waals surface area contributed by atoms with E-state index in [9.17, 15) is 9.59 Å². The summed E-state index contributed by atoms with van der Waals surface area (Å²) >= 11 is 1.42. The Morgan fingerprint density at radius 3 is 2.73 bits per heavy atom. The van der Waals surface area contributed by atoms with Gasteiger partial charge in [-0.05, 0) is 56.5 Å². The Morgan fingerprint density at radius 2 is 1.97 bits per heavy atom.